The fourth-order valence-electron chi connectivity index (χ4n) is 1.75. The summed E-state index contributed by atoms with van der Waals surface area (Å²) in [5.41, 5.74) is 0.647. The smallest absolute Gasteiger partial charge is 0.263 e. The first-order chi connectivity index (χ1) is 8.65. The summed E-state index contributed by atoms with van der Waals surface area (Å²) in [6, 6.07) is 6.85. The number of fused-ring (bicyclic) bond motifs is 1. The maximum Gasteiger partial charge on any atom is 0.263 e. The molecule has 1 aromatic rings. The predicted octanol–water partition coefficient (Wildman–Crippen LogP) is 1.15. The Kier molecular flexibility index (Phi) is 3.98. The molecule has 5 nitrogen and oxygen atoms in total. The maximum absolute atomic E-state index is 11.8. The first-order valence-corrected chi connectivity index (χ1v) is 7.38. The fraction of sp³-hybridized carbons (Fsp3) is 0.417. The molecule has 1 heterocycles. The van der Waals surface area contributed by atoms with Crippen LogP contribution >= 0.6 is 0 Å². The molecule has 1 aliphatic heterocycles. The highest BCUT2D eigenvalue weighted by Gasteiger charge is 2.29. The summed E-state index contributed by atoms with van der Waals surface area (Å²) >= 11 is 0. The Morgan fingerprint density at radius 1 is 1.33 bits per heavy atom. The largest absolute Gasteiger partial charge is 0.382 e. The van der Waals surface area contributed by atoms with E-state index in [4.69, 9.17) is 4.74 Å². The van der Waals surface area contributed by atoms with Crippen molar-refractivity contribution < 1.29 is 13.2 Å². The zero-order valence-electron chi connectivity index (χ0n) is 10.2. The van der Waals surface area contributed by atoms with E-state index < -0.39 is 10.0 Å². The molecular weight excluding hydrogens is 252 g/mol. The highest BCUT2D eigenvalue weighted by molar-refractivity contribution is 7.90. The second-order valence-electron chi connectivity index (χ2n) is 3.88. The molecule has 1 aliphatic rings. The van der Waals surface area contributed by atoms with Gasteiger partial charge in [0.15, 0.2) is 0 Å². The van der Waals surface area contributed by atoms with Crippen LogP contribution in [0.3, 0.4) is 0 Å². The summed E-state index contributed by atoms with van der Waals surface area (Å²) in [4.78, 5) is 4.58. The van der Waals surface area contributed by atoms with Crippen LogP contribution in [-0.4, -0.2) is 34.0 Å². The highest BCUT2D eigenvalue weighted by Crippen LogP contribution is 2.21. The van der Waals surface area contributed by atoms with Gasteiger partial charge >= 0.3 is 0 Å². The molecule has 6 heteroatoms. The molecular formula is C12H16N2O3S. The normalized spacial score (nSPS) is 18.6. The predicted molar refractivity (Wildman–Crippen MR) is 69.3 cm³/mol. The van der Waals surface area contributed by atoms with E-state index >= 15 is 0 Å². The van der Waals surface area contributed by atoms with Crippen LogP contribution in [0.2, 0.25) is 0 Å². The molecule has 0 bridgehead atoms. The lowest BCUT2D eigenvalue weighted by atomic mass is 10.2. The summed E-state index contributed by atoms with van der Waals surface area (Å²) in [6.45, 7) is 3.81. The lowest BCUT2D eigenvalue weighted by Gasteiger charge is -2.00. The Morgan fingerprint density at radius 3 is 2.89 bits per heavy atom. The average molecular weight is 268 g/mol. The van der Waals surface area contributed by atoms with E-state index in [2.05, 4.69) is 9.71 Å². The van der Waals surface area contributed by atoms with Gasteiger partial charge in [-0.2, -0.15) is 0 Å². The summed E-state index contributed by atoms with van der Waals surface area (Å²) < 4.78 is 31.2. The van der Waals surface area contributed by atoms with Gasteiger partial charge in [0.2, 0.25) is 0 Å². The number of amidine groups is 1. The Balaban J connectivity index is 2.10. The molecule has 0 aromatic heterocycles. The van der Waals surface area contributed by atoms with Crippen LogP contribution in [0.15, 0.2) is 34.2 Å². The topological polar surface area (TPSA) is 67.8 Å². The minimum atomic E-state index is -3.41. The molecule has 2 rings (SSSR count). The van der Waals surface area contributed by atoms with Crippen LogP contribution in [-0.2, 0) is 14.8 Å². The number of nitrogens with zero attached hydrogens (tertiary/aromatic N) is 1. The number of nitrogens with one attached hydrogen (secondary N) is 1. The van der Waals surface area contributed by atoms with Crippen molar-refractivity contribution in [2.75, 3.05) is 19.8 Å². The minimum absolute atomic E-state index is 0.300. The quantitative estimate of drug-likeness (QED) is 0.815. The molecule has 0 saturated heterocycles. The molecule has 0 saturated carbocycles. The van der Waals surface area contributed by atoms with Gasteiger partial charge in [-0.3, -0.25) is 9.71 Å². The summed E-state index contributed by atoms with van der Waals surface area (Å²) in [5.74, 6) is 0.432. The molecule has 0 fully saturated rings. The second kappa shape index (κ2) is 5.49. The molecule has 1 N–H and O–H groups in total. The van der Waals surface area contributed by atoms with Crippen molar-refractivity contribution in [1.29, 1.82) is 0 Å². The first kappa shape index (κ1) is 13.0. The van der Waals surface area contributed by atoms with Crippen LogP contribution in [0.1, 0.15) is 18.9 Å². The van der Waals surface area contributed by atoms with Crippen molar-refractivity contribution in [2.45, 2.75) is 18.2 Å². The van der Waals surface area contributed by atoms with Gasteiger partial charge in [-0.25, -0.2) is 8.42 Å². The van der Waals surface area contributed by atoms with E-state index in [9.17, 15) is 8.42 Å². The number of ether oxygens (including phenoxy) is 1. The van der Waals surface area contributed by atoms with Crippen molar-refractivity contribution in [3.63, 3.8) is 0 Å². The van der Waals surface area contributed by atoms with E-state index in [0.29, 0.717) is 36.1 Å². The number of rotatable bonds is 5. The van der Waals surface area contributed by atoms with Crippen LogP contribution in [0.25, 0.3) is 0 Å². The fourth-order valence-corrected chi connectivity index (χ4v) is 3.00. The standard InChI is InChI=1S/C12H16N2O3S/c1-2-17-9-5-8-13-12-10-6-3-4-7-11(10)18(15,16)14-12/h3-4,6-7H,2,5,8-9H2,1H3,(H,13,14). The highest BCUT2D eigenvalue weighted by atomic mass is 32.2. The number of benzene rings is 1. The maximum atomic E-state index is 11.8. The molecule has 18 heavy (non-hydrogen) atoms. The monoisotopic (exact) mass is 268 g/mol. The Labute approximate surface area is 107 Å². The molecule has 0 aliphatic carbocycles. The molecule has 98 valence electrons. The van der Waals surface area contributed by atoms with Crippen LogP contribution in [0, 0.1) is 0 Å². The number of aliphatic imine (C=N–C) groups is 1. The molecule has 0 atom stereocenters. The van der Waals surface area contributed by atoms with Gasteiger partial charge in [0.1, 0.15) is 5.84 Å². The van der Waals surface area contributed by atoms with E-state index in [0.717, 1.165) is 6.42 Å². The van der Waals surface area contributed by atoms with Gasteiger partial charge < -0.3 is 4.74 Å². The van der Waals surface area contributed by atoms with Crippen molar-refractivity contribution in [3.8, 4) is 0 Å². The Hall–Kier alpha value is -1.40. The van der Waals surface area contributed by atoms with Crippen molar-refractivity contribution in [1.82, 2.24) is 4.72 Å². The van der Waals surface area contributed by atoms with Crippen molar-refractivity contribution >= 4 is 15.9 Å². The number of hydrogen-bond acceptors (Lipinski definition) is 4. The zero-order chi connectivity index (χ0) is 13.0. The van der Waals surface area contributed by atoms with Gasteiger partial charge in [0, 0.05) is 25.3 Å². The summed E-state index contributed by atoms with van der Waals surface area (Å²) in [6.07, 6.45) is 0.779. The minimum Gasteiger partial charge on any atom is -0.382 e. The van der Waals surface area contributed by atoms with Gasteiger partial charge in [0.05, 0.1) is 4.90 Å². The third-order valence-corrected chi connectivity index (χ3v) is 3.98. The lowest BCUT2D eigenvalue weighted by Crippen LogP contribution is -2.22. The van der Waals surface area contributed by atoms with Gasteiger partial charge in [-0.1, -0.05) is 12.1 Å². The van der Waals surface area contributed by atoms with E-state index in [1.807, 2.05) is 6.92 Å². The summed E-state index contributed by atoms with van der Waals surface area (Å²) in [5, 5.41) is 0. The van der Waals surface area contributed by atoms with Gasteiger partial charge in [-0.15, -0.1) is 0 Å². The number of hydrogen-bond donors (Lipinski definition) is 1. The molecule has 1 aromatic carbocycles. The first-order valence-electron chi connectivity index (χ1n) is 5.89. The second-order valence-corrected chi connectivity index (χ2v) is 5.53. The van der Waals surface area contributed by atoms with Gasteiger partial charge in [0.25, 0.3) is 10.0 Å². The van der Waals surface area contributed by atoms with E-state index in [1.165, 1.54) is 0 Å². The summed E-state index contributed by atoms with van der Waals surface area (Å²) in [7, 11) is -3.41. The molecule has 0 amide bonds. The third kappa shape index (κ3) is 2.70. The molecule has 0 spiro atoms. The molecule has 0 unspecified atom stereocenters. The van der Waals surface area contributed by atoms with Crippen molar-refractivity contribution in [2.24, 2.45) is 4.99 Å². The Morgan fingerprint density at radius 2 is 2.11 bits per heavy atom. The van der Waals surface area contributed by atoms with Crippen LogP contribution < -0.4 is 4.72 Å². The third-order valence-electron chi connectivity index (χ3n) is 2.58. The number of sulfonamides is 1. The van der Waals surface area contributed by atoms with Crippen LogP contribution in [0.5, 0.6) is 0 Å². The SMILES string of the molecule is CCOCCCN=C1NS(=O)(=O)c2ccccc21. The Bertz CT molecular complexity index is 552. The van der Waals surface area contributed by atoms with Crippen LogP contribution in [0.4, 0.5) is 0 Å². The van der Waals surface area contributed by atoms with E-state index in [1.54, 1.807) is 24.3 Å². The van der Waals surface area contributed by atoms with Crippen molar-refractivity contribution in [3.05, 3.63) is 29.8 Å². The van der Waals surface area contributed by atoms with Gasteiger partial charge in [-0.05, 0) is 25.5 Å². The zero-order valence-corrected chi connectivity index (χ0v) is 11.0. The molecule has 0 radical (unpaired) electrons. The average Bonchev–Trinajstić information content (AvgIpc) is 2.62. The lowest BCUT2D eigenvalue weighted by molar-refractivity contribution is 0.146. The van der Waals surface area contributed by atoms with E-state index in [-0.39, 0.29) is 0 Å².